The minimum absolute atomic E-state index is 0.119. The van der Waals surface area contributed by atoms with Crippen molar-refractivity contribution in [1.82, 2.24) is 19.6 Å². The number of hydrogen-bond donors (Lipinski definition) is 1. The third-order valence-electron chi connectivity index (χ3n) is 6.50. The molecule has 1 N–H and O–H groups in total. The molecular weight excluding hydrogens is 564 g/mol. The van der Waals surface area contributed by atoms with Gasteiger partial charge in [0.2, 0.25) is 0 Å². The van der Waals surface area contributed by atoms with Crippen LogP contribution in [0.3, 0.4) is 0 Å². The Balaban J connectivity index is 0.000000235. The highest BCUT2D eigenvalue weighted by molar-refractivity contribution is 7.86. The second kappa shape index (κ2) is 13.3. The first-order valence-corrected chi connectivity index (χ1v) is 14.6. The molecule has 0 aliphatic carbocycles. The van der Waals surface area contributed by atoms with Crippen LogP contribution in [0.1, 0.15) is 54.4 Å². The largest absolute Gasteiger partial charge is 0.464 e. The van der Waals surface area contributed by atoms with Crippen LogP contribution in [0.25, 0.3) is 0 Å². The van der Waals surface area contributed by atoms with Crippen molar-refractivity contribution in [2.24, 2.45) is 0 Å². The molecule has 2 aromatic carbocycles. The molecule has 4 aromatic rings. The Morgan fingerprint density at radius 1 is 0.810 bits per heavy atom. The van der Waals surface area contributed by atoms with Gasteiger partial charge in [-0.05, 0) is 61.1 Å². The number of rotatable bonds is 8. The zero-order valence-corrected chi connectivity index (χ0v) is 25.4. The Morgan fingerprint density at radius 2 is 1.29 bits per heavy atom. The summed E-state index contributed by atoms with van der Waals surface area (Å²) in [5.41, 5.74) is 6.43. The van der Waals surface area contributed by atoms with Crippen LogP contribution in [0.4, 0.5) is 0 Å². The molecular formula is C29H34N4O8S. The van der Waals surface area contributed by atoms with E-state index in [4.69, 9.17) is 8.92 Å². The Morgan fingerprint density at radius 3 is 1.76 bits per heavy atom. The monoisotopic (exact) mass is 598 g/mol. The Kier molecular flexibility index (Phi) is 10.1. The summed E-state index contributed by atoms with van der Waals surface area (Å²) in [6.07, 6.45) is 0.912. The summed E-state index contributed by atoms with van der Waals surface area (Å²) in [6, 6.07) is 14.3. The van der Waals surface area contributed by atoms with Gasteiger partial charge >= 0.3 is 22.1 Å². The maximum atomic E-state index is 11.9. The van der Waals surface area contributed by atoms with E-state index in [0.29, 0.717) is 13.1 Å². The summed E-state index contributed by atoms with van der Waals surface area (Å²) >= 11 is 0. The summed E-state index contributed by atoms with van der Waals surface area (Å²) < 4.78 is 39.5. The summed E-state index contributed by atoms with van der Waals surface area (Å²) in [6.45, 7) is 8.65. The number of carbonyl (C=O) groups is 2. The van der Waals surface area contributed by atoms with Crippen molar-refractivity contribution in [1.29, 1.82) is 0 Å². The molecule has 0 atom stereocenters. The zero-order chi connectivity index (χ0) is 31.2. The zero-order valence-electron chi connectivity index (χ0n) is 24.5. The van der Waals surface area contributed by atoms with E-state index in [1.54, 1.807) is 0 Å². The molecule has 0 unspecified atom stereocenters. The topological polar surface area (TPSA) is 152 Å². The van der Waals surface area contributed by atoms with Gasteiger partial charge in [-0.1, -0.05) is 36.4 Å². The fraction of sp³-hybridized carbons (Fsp3) is 0.310. The predicted molar refractivity (Wildman–Crippen MR) is 155 cm³/mol. The molecule has 0 amide bonds. The van der Waals surface area contributed by atoms with Gasteiger partial charge < -0.3 is 13.7 Å². The molecule has 13 heteroatoms. The molecule has 0 bridgehead atoms. The standard InChI is InChI=1S/C15H18N2O5S.C14H16N2O3/c1-10-6-5-7-11(2)12(10)9-17-13(15(18)21-3)8-14(16-17)22-23(4,19)20;1-9-5-4-6-10(2)11(9)8-16-12(14(18)19-3)7-13(17)15-16/h5-8H,9H2,1-4H3;4-7H,8H2,1-3H3,(H,15,17). The van der Waals surface area contributed by atoms with Crippen molar-refractivity contribution in [2.45, 2.75) is 40.8 Å². The van der Waals surface area contributed by atoms with Crippen LogP contribution in [-0.2, 0) is 32.7 Å². The van der Waals surface area contributed by atoms with Gasteiger partial charge in [-0.15, -0.1) is 5.10 Å². The lowest BCUT2D eigenvalue weighted by Crippen LogP contribution is -2.14. The third-order valence-corrected chi connectivity index (χ3v) is 6.97. The molecule has 42 heavy (non-hydrogen) atoms. The summed E-state index contributed by atoms with van der Waals surface area (Å²) in [7, 11) is -1.19. The smallest absolute Gasteiger partial charge is 0.356 e. The molecule has 0 aliphatic rings. The summed E-state index contributed by atoms with van der Waals surface area (Å²) in [5.74, 6) is -1.31. The van der Waals surface area contributed by atoms with Gasteiger partial charge in [0.15, 0.2) is 5.69 Å². The predicted octanol–water partition coefficient (Wildman–Crippen LogP) is 3.30. The number of benzene rings is 2. The summed E-state index contributed by atoms with van der Waals surface area (Å²) in [5, 5.41) is 6.68. The highest BCUT2D eigenvalue weighted by Crippen LogP contribution is 2.20. The Labute approximate surface area is 243 Å². The van der Waals surface area contributed by atoms with E-state index in [9.17, 15) is 22.8 Å². The van der Waals surface area contributed by atoms with Gasteiger partial charge in [0.05, 0.1) is 33.6 Å². The minimum atomic E-state index is -3.73. The molecule has 224 valence electrons. The molecule has 0 fully saturated rings. The van der Waals surface area contributed by atoms with Crippen molar-refractivity contribution in [3.05, 3.63) is 104 Å². The van der Waals surface area contributed by atoms with E-state index >= 15 is 0 Å². The van der Waals surface area contributed by atoms with Crippen LogP contribution >= 0.6 is 0 Å². The van der Waals surface area contributed by atoms with E-state index < -0.39 is 22.1 Å². The van der Waals surface area contributed by atoms with Gasteiger partial charge in [-0.2, -0.15) is 8.42 Å². The van der Waals surface area contributed by atoms with Gasteiger partial charge in [0.1, 0.15) is 5.69 Å². The fourth-order valence-corrected chi connectivity index (χ4v) is 4.70. The number of nitrogens with zero attached hydrogens (tertiary/aromatic N) is 3. The first kappa shape index (κ1) is 31.9. The molecule has 0 spiro atoms. The van der Waals surface area contributed by atoms with Crippen LogP contribution in [0.5, 0.6) is 5.88 Å². The van der Waals surface area contributed by atoms with Crippen LogP contribution in [-0.4, -0.2) is 60.4 Å². The lowest BCUT2D eigenvalue weighted by molar-refractivity contribution is 0.0578. The fourth-order valence-electron chi connectivity index (χ4n) is 4.31. The van der Waals surface area contributed by atoms with Gasteiger partial charge in [-0.3, -0.25) is 14.6 Å². The van der Waals surface area contributed by atoms with E-state index in [1.165, 1.54) is 35.7 Å². The highest BCUT2D eigenvalue weighted by Gasteiger charge is 2.20. The van der Waals surface area contributed by atoms with E-state index in [0.717, 1.165) is 39.6 Å². The quantitative estimate of drug-likeness (QED) is 0.238. The number of hydrogen-bond acceptors (Lipinski definition) is 9. The first-order chi connectivity index (χ1) is 19.7. The van der Waals surface area contributed by atoms with Crippen molar-refractivity contribution in [3.63, 3.8) is 0 Å². The van der Waals surface area contributed by atoms with Gasteiger partial charge in [0.25, 0.3) is 11.4 Å². The van der Waals surface area contributed by atoms with Crippen molar-refractivity contribution >= 4 is 22.1 Å². The Hall–Kier alpha value is -4.65. The van der Waals surface area contributed by atoms with Crippen LogP contribution in [0, 0.1) is 27.7 Å². The average Bonchev–Trinajstić information content (AvgIpc) is 3.49. The lowest BCUT2D eigenvalue weighted by atomic mass is 10.0. The Bertz CT molecular complexity index is 1730. The maximum absolute atomic E-state index is 11.9. The van der Waals surface area contributed by atoms with E-state index in [2.05, 4.69) is 14.9 Å². The van der Waals surface area contributed by atoms with Gasteiger partial charge in [-0.25, -0.2) is 14.3 Å². The van der Waals surface area contributed by atoms with Crippen molar-refractivity contribution < 1.29 is 31.7 Å². The number of ether oxygens (including phenoxy) is 2. The van der Waals surface area contributed by atoms with Crippen LogP contribution in [0.15, 0.2) is 53.3 Å². The van der Waals surface area contributed by atoms with E-state index in [-0.39, 0.29) is 22.8 Å². The second-order valence-corrected chi connectivity index (χ2v) is 11.2. The second-order valence-electron chi connectivity index (χ2n) is 9.63. The number of nitrogens with one attached hydrogen (secondary N) is 1. The number of carbonyl (C=O) groups excluding carboxylic acids is 2. The third kappa shape index (κ3) is 7.97. The maximum Gasteiger partial charge on any atom is 0.356 e. The number of methoxy groups -OCH3 is 2. The number of aryl methyl sites for hydroxylation is 4. The van der Waals surface area contributed by atoms with Crippen molar-refractivity contribution in [2.75, 3.05) is 20.5 Å². The number of H-pyrrole nitrogens is 1. The van der Waals surface area contributed by atoms with Crippen LogP contribution < -0.4 is 9.74 Å². The molecule has 0 saturated carbocycles. The number of esters is 2. The molecule has 0 saturated heterocycles. The van der Waals surface area contributed by atoms with Gasteiger partial charge in [0, 0.05) is 12.1 Å². The molecule has 0 radical (unpaired) electrons. The molecule has 2 aromatic heterocycles. The number of aromatic amines is 1. The minimum Gasteiger partial charge on any atom is -0.464 e. The van der Waals surface area contributed by atoms with E-state index in [1.807, 2.05) is 64.1 Å². The molecule has 0 aliphatic heterocycles. The normalized spacial score (nSPS) is 10.9. The molecule has 2 heterocycles. The summed E-state index contributed by atoms with van der Waals surface area (Å²) in [4.78, 5) is 34.9. The average molecular weight is 599 g/mol. The SMILES string of the molecule is COC(=O)c1cc(=O)[nH]n1Cc1c(C)cccc1C.COC(=O)c1cc(OS(C)(=O)=O)nn1Cc1c(C)cccc1C. The highest BCUT2D eigenvalue weighted by atomic mass is 32.2. The van der Waals surface area contributed by atoms with Crippen molar-refractivity contribution in [3.8, 4) is 5.88 Å². The molecule has 12 nitrogen and oxygen atoms in total. The number of aromatic nitrogens is 4. The molecule has 4 rings (SSSR count). The van der Waals surface area contributed by atoms with Crippen LogP contribution in [0.2, 0.25) is 0 Å². The lowest BCUT2D eigenvalue weighted by Gasteiger charge is -2.12. The first-order valence-electron chi connectivity index (χ1n) is 12.8.